The number of halogens is 2. The first-order valence-electron chi connectivity index (χ1n) is 5.04. The lowest BCUT2D eigenvalue weighted by Crippen LogP contribution is -2.31. The summed E-state index contributed by atoms with van der Waals surface area (Å²) in [5.41, 5.74) is 5.11. The third-order valence-electron chi connectivity index (χ3n) is 2.39. The van der Waals surface area contributed by atoms with Gasteiger partial charge in [-0.2, -0.15) is 8.42 Å². The lowest BCUT2D eigenvalue weighted by molar-refractivity contribution is 0.140. The standard InChI is InChI=1S/C10H13F2NO4S/c11-6-1-2-8(12)7(5-6)10(14)9(13)3-4-18(15,16)17/h1-2,5,9-10,14H,3-4,13H2,(H,15,16,17). The number of hydrogen-bond acceptors (Lipinski definition) is 4. The number of rotatable bonds is 5. The average molecular weight is 281 g/mol. The molecule has 0 saturated heterocycles. The lowest BCUT2D eigenvalue weighted by Gasteiger charge is -2.19. The number of aliphatic hydroxyl groups is 1. The van der Waals surface area contributed by atoms with Gasteiger partial charge in [-0.05, 0) is 24.6 Å². The summed E-state index contributed by atoms with van der Waals surface area (Å²) < 4.78 is 55.7. The Morgan fingerprint density at radius 3 is 2.50 bits per heavy atom. The molecule has 0 heterocycles. The van der Waals surface area contributed by atoms with Gasteiger partial charge in [-0.3, -0.25) is 4.55 Å². The second-order valence-corrected chi connectivity index (χ2v) is 5.42. The quantitative estimate of drug-likeness (QED) is 0.686. The molecular weight excluding hydrogens is 268 g/mol. The van der Waals surface area contributed by atoms with Gasteiger partial charge >= 0.3 is 0 Å². The van der Waals surface area contributed by atoms with Gasteiger partial charge in [0.05, 0.1) is 11.9 Å². The molecule has 0 saturated carbocycles. The minimum Gasteiger partial charge on any atom is -0.387 e. The lowest BCUT2D eigenvalue weighted by atomic mass is 10.0. The van der Waals surface area contributed by atoms with Gasteiger partial charge < -0.3 is 10.8 Å². The van der Waals surface area contributed by atoms with Crippen molar-refractivity contribution in [2.75, 3.05) is 5.75 Å². The highest BCUT2D eigenvalue weighted by Crippen LogP contribution is 2.22. The van der Waals surface area contributed by atoms with Gasteiger partial charge in [0.15, 0.2) is 0 Å². The highest BCUT2D eigenvalue weighted by atomic mass is 32.2. The van der Waals surface area contributed by atoms with Crippen LogP contribution in [0.15, 0.2) is 18.2 Å². The normalized spacial score (nSPS) is 15.4. The molecule has 18 heavy (non-hydrogen) atoms. The molecule has 0 aromatic heterocycles. The molecule has 1 aromatic carbocycles. The topological polar surface area (TPSA) is 101 Å². The number of aliphatic hydroxyl groups excluding tert-OH is 1. The minimum absolute atomic E-state index is 0.282. The molecule has 0 aliphatic heterocycles. The molecule has 0 aliphatic carbocycles. The Kier molecular flexibility index (Phi) is 4.74. The molecule has 5 nitrogen and oxygen atoms in total. The zero-order chi connectivity index (χ0) is 13.9. The number of benzene rings is 1. The van der Waals surface area contributed by atoms with Crippen LogP contribution in [0.4, 0.5) is 8.78 Å². The van der Waals surface area contributed by atoms with Crippen LogP contribution in [-0.4, -0.2) is 29.9 Å². The summed E-state index contributed by atoms with van der Waals surface area (Å²) in [5.74, 6) is -2.25. The molecule has 0 amide bonds. The van der Waals surface area contributed by atoms with Crippen molar-refractivity contribution >= 4 is 10.1 Å². The maximum Gasteiger partial charge on any atom is 0.264 e. The predicted molar refractivity (Wildman–Crippen MR) is 60.3 cm³/mol. The predicted octanol–water partition coefficient (Wildman–Crippen LogP) is 0.603. The van der Waals surface area contributed by atoms with Crippen molar-refractivity contribution in [3.63, 3.8) is 0 Å². The van der Waals surface area contributed by atoms with Gasteiger partial charge in [-0.15, -0.1) is 0 Å². The average Bonchev–Trinajstić information content (AvgIpc) is 2.27. The molecule has 2 atom stereocenters. The highest BCUT2D eigenvalue weighted by molar-refractivity contribution is 7.85. The molecule has 0 fully saturated rings. The van der Waals surface area contributed by atoms with Crippen molar-refractivity contribution in [1.29, 1.82) is 0 Å². The van der Waals surface area contributed by atoms with E-state index < -0.39 is 39.7 Å². The Morgan fingerprint density at radius 1 is 1.33 bits per heavy atom. The summed E-state index contributed by atoms with van der Waals surface area (Å²) >= 11 is 0. The van der Waals surface area contributed by atoms with Crippen molar-refractivity contribution in [2.45, 2.75) is 18.6 Å². The first kappa shape index (κ1) is 15.0. The van der Waals surface area contributed by atoms with Gasteiger partial charge in [0.2, 0.25) is 0 Å². The van der Waals surface area contributed by atoms with Gasteiger partial charge in [0.25, 0.3) is 10.1 Å². The summed E-state index contributed by atoms with van der Waals surface area (Å²) in [6, 6.07) is 1.37. The fourth-order valence-electron chi connectivity index (χ4n) is 1.41. The Balaban J connectivity index is 2.80. The number of nitrogens with two attached hydrogens (primary N) is 1. The molecule has 102 valence electrons. The van der Waals surface area contributed by atoms with E-state index in [4.69, 9.17) is 10.3 Å². The van der Waals surface area contributed by atoms with Crippen LogP contribution in [0.2, 0.25) is 0 Å². The van der Waals surface area contributed by atoms with Crippen molar-refractivity contribution < 1.29 is 26.9 Å². The maximum atomic E-state index is 13.3. The van der Waals surface area contributed by atoms with Crippen molar-refractivity contribution in [3.8, 4) is 0 Å². The third-order valence-corrected chi connectivity index (χ3v) is 3.14. The van der Waals surface area contributed by atoms with E-state index in [0.717, 1.165) is 18.2 Å². The SMILES string of the molecule is NC(CCS(=O)(=O)O)C(O)c1cc(F)ccc1F. The van der Waals surface area contributed by atoms with E-state index in [0.29, 0.717) is 0 Å². The Hall–Kier alpha value is -1.09. The Morgan fingerprint density at radius 2 is 1.94 bits per heavy atom. The Labute approximate surface area is 103 Å². The zero-order valence-corrected chi connectivity index (χ0v) is 10.1. The number of hydrogen-bond donors (Lipinski definition) is 3. The maximum absolute atomic E-state index is 13.3. The molecule has 0 spiro atoms. The largest absolute Gasteiger partial charge is 0.387 e. The van der Waals surface area contributed by atoms with E-state index in [-0.39, 0.29) is 12.0 Å². The highest BCUT2D eigenvalue weighted by Gasteiger charge is 2.22. The second kappa shape index (κ2) is 5.70. The van der Waals surface area contributed by atoms with E-state index in [1.807, 2.05) is 0 Å². The molecule has 4 N–H and O–H groups in total. The van der Waals surface area contributed by atoms with Crippen molar-refractivity contribution in [1.82, 2.24) is 0 Å². The van der Waals surface area contributed by atoms with Gasteiger partial charge in [-0.25, -0.2) is 8.78 Å². The van der Waals surface area contributed by atoms with E-state index >= 15 is 0 Å². The first-order chi connectivity index (χ1) is 8.20. The fourth-order valence-corrected chi connectivity index (χ4v) is 1.98. The molecule has 1 rings (SSSR count). The molecule has 2 unspecified atom stereocenters. The van der Waals surface area contributed by atoms with Crippen molar-refractivity contribution in [2.24, 2.45) is 5.73 Å². The van der Waals surface area contributed by atoms with Crippen LogP contribution in [0.25, 0.3) is 0 Å². The molecule has 1 aromatic rings. The minimum atomic E-state index is -4.21. The molecule has 0 bridgehead atoms. The molecule has 8 heteroatoms. The third kappa shape index (κ3) is 4.30. The van der Waals surface area contributed by atoms with Crippen LogP contribution in [0, 0.1) is 11.6 Å². The van der Waals surface area contributed by atoms with Gasteiger partial charge in [0, 0.05) is 11.6 Å². The van der Waals surface area contributed by atoms with Gasteiger partial charge in [-0.1, -0.05) is 0 Å². The zero-order valence-electron chi connectivity index (χ0n) is 9.25. The molecule has 0 radical (unpaired) electrons. The summed E-state index contributed by atoms with van der Waals surface area (Å²) in [6.45, 7) is 0. The van der Waals surface area contributed by atoms with Crippen molar-refractivity contribution in [3.05, 3.63) is 35.4 Å². The summed E-state index contributed by atoms with van der Waals surface area (Å²) in [4.78, 5) is 0. The Bertz CT molecular complexity index is 521. The summed E-state index contributed by atoms with van der Waals surface area (Å²) in [7, 11) is -4.21. The van der Waals surface area contributed by atoms with Crippen LogP contribution in [-0.2, 0) is 10.1 Å². The monoisotopic (exact) mass is 281 g/mol. The van der Waals surface area contributed by atoms with Crippen LogP contribution in [0.1, 0.15) is 18.1 Å². The second-order valence-electron chi connectivity index (χ2n) is 3.85. The summed E-state index contributed by atoms with van der Waals surface area (Å²) in [5, 5.41) is 9.68. The fraction of sp³-hybridized carbons (Fsp3) is 0.400. The smallest absolute Gasteiger partial charge is 0.264 e. The summed E-state index contributed by atoms with van der Waals surface area (Å²) in [6.07, 6.45) is -1.84. The van der Waals surface area contributed by atoms with Gasteiger partial charge in [0.1, 0.15) is 11.6 Å². The van der Waals surface area contributed by atoms with E-state index in [1.54, 1.807) is 0 Å². The van der Waals surface area contributed by atoms with E-state index in [2.05, 4.69) is 0 Å². The molecular formula is C10H13F2NO4S. The van der Waals surface area contributed by atoms with Crippen LogP contribution in [0.3, 0.4) is 0 Å². The first-order valence-corrected chi connectivity index (χ1v) is 6.65. The van der Waals surface area contributed by atoms with Crippen LogP contribution >= 0.6 is 0 Å². The van der Waals surface area contributed by atoms with Crippen LogP contribution < -0.4 is 5.73 Å². The molecule has 0 aliphatic rings. The van der Waals surface area contributed by atoms with Crippen LogP contribution in [0.5, 0.6) is 0 Å². The van der Waals surface area contributed by atoms with E-state index in [1.165, 1.54) is 0 Å². The van der Waals surface area contributed by atoms with E-state index in [9.17, 15) is 22.3 Å².